The molecule has 2 amide bonds. The van der Waals surface area contributed by atoms with Crippen LogP contribution in [-0.4, -0.2) is 53.3 Å². The molecule has 0 aliphatic carbocycles. The Morgan fingerprint density at radius 2 is 1.63 bits per heavy atom. The number of likely N-dealkylation sites (N-methyl/N-ethyl adjacent to an activating group) is 1. The van der Waals surface area contributed by atoms with Crippen molar-refractivity contribution in [3.8, 4) is 11.1 Å². The normalized spacial score (nSPS) is 17.0. The number of nitrogens with zero attached hydrogens (tertiary/aromatic N) is 3. The first-order chi connectivity index (χ1) is 14.6. The molecule has 0 radical (unpaired) electrons. The molecule has 2 heterocycles. The first-order valence-electron chi connectivity index (χ1n) is 10.2. The summed E-state index contributed by atoms with van der Waals surface area (Å²) in [4.78, 5) is 33.5. The summed E-state index contributed by atoms with van der Waals surface area (Å²) < 4.78 is 0. The van der Waals surface area contributed by atoms with Gasteiger partial charge >= 0.3 is 0 Å². The monoisotopic (exact) mass is 399 g/mol. The van der Waals surface area contributed by atoms with E-state index < -0.39 is 0 Å². The molecule has 0 spiro atoms. The van der Waals surface area contributed by atoms with Crippen LogP contribution in [0, 0.1) is 5.92 Å². The van der Waals surface area contributed by atoms with Crippen molar-refractivity contribution < 1.29 is 9.59 Å². The van der Waals surface area contributed by atoms with Crippen molar-refractivity contribution in [1.29, 1.82) is 0 Å². The molecule has 5 nitrogen and oxygen atoms in total. The Kier molecular flexibility index (Phi) is 5.89. The molecule has 0 unspecified atom stereocenters. The number of hydrogen-bond donors (Lipinski definition) is 0. The number of hydrogen-bond acceptors (Lipinski definition) is 3. The molecule has 1 aromatic heterocycles. The van der Waals surface area contributed by atoms with Gasteiger partial charge in [-0.05, 0) is 35.2 Å². The fourth-order valence-electron chi connectivity index (χ4n) is 3.86. The SMILES string of the molecule is CN1CCN(C(=O)c2ccccn2)C[C@H](Cc2ccc(-c3ccccc3)cc2)C1=O. The van der Waals surface area contributed by atoms with Gasteiger partial charge in [0.1, 0.15) is 5.69 Å². The number of amides is 2. The molecule has 1 saturated heterocycles. The van der Waals surface area contributed by atoms with Crippen molar-refractivity contribution >= 4 is 11.8 Å². The standard InChI is InChI=1S/C25H25N3O2/c1-27-15-16-28(25(30)23-9-5-6-14-26-23)18-22(24(27)29)17-19-10-12-21(13-11-19)20-7-3-2-4-8-20/h2-14,22H,15-18H2,1H3/t22-/m0/s1. The fraction of sp³-hybridized carbons (Fsp3) is 0.240. The van der Waals surface area contributed by atoms with E-state index in [1.165, 1.54) is 5.56 Å². The molecule has 0 bridgehead atoms. The van der Waals surface area contributed by atoms with Crippen LogP contribution >= 0.6 is 0 Å². The third-order valence-electron chi connectivity index (χ3n) is 5.59. The van der Waals surface area contributed by atoms with E-state index in [9.17, 15) is 9.59 Å². The summed E-state index contributed by atoms with van der Waals surface area (Å²) in [6.07, 6.45) is 2.22. The van der Waals surface area contributed by atoms with Gasteiger partial charge in [0.25, 0.3) is 5.91 Å². The zero-order valence-electron chi connectivity index (χ0n) is 17.1. The summed E-state index contributed by atoms with van der Waals surface area (Å²) in [5.41, 5.74) is 3.83. The molecule has 0 saturated carbocycles. The van der Waals surface area contributed by atoms with E-state index in [0.29, 0.717) is 31.7 Å². The van der Waals surface area contributed by atoms with Crippen molar-refractivity contribution in [3.05, 3.63) is 90.3 Å². The molecule has 1 fully saturated rings. The lowest BCUT2D eigenvalue weighted by Crippen LogP contribution is -2.37. The van der Waals surface area contributed by atoms with Gasteiger partial charge in [0.15, 0.2) is 0 Å². The number of carbonyl (C=O) groups is 2. The Bertz CT molecular complexity index is 1000. The zero-order valence-corrected chi connectivity index (χ0v) is 17.1. The minimum atomic E-state index is -0.271. The van der Waals surface area contributed by atoms with Crippen LogP contribution < -0.4 is 0 Å². The minimum absolute atomic E-state index is 0.0819. The Balaban J connectivity index is 1.51. The van der Waals surface area contributed by atoms with Gasteiger partial charge in [-0.3, -0.25) is 14.6 Å². The third-order valence-corrected chi connectivity index (χ3v) is 5.59. The van der Waals surface area contributed by atoms with Crippen molar-refractivity contribution in [2.24, 2.45) is 5.92 Å². The van der Waals surface area contributed by atoms with Gasteiger partial charge in [0.05, 0.1) is 5.92 Å². The van der Waals surface area contributed by atoms with E-state index in [1.807, 2.05) is 25.2 Å². The highest BCUT2D eigenvalue weighted by atomic mass is 16.2. The summed E-state index contributed by atoms with van der Waals surface area (Å²) in [6.45, 7) is 1.45. The predicted octanol–water partition coefficient (Wildman–Crippen LogP) is 3.52. The maximum absolute atomic E-state index is 12.9. The predicted molar refractivity (Wildman–Crippen MR) is 117 cm³/mol. The van der Waals surface area contributed by atoms with Gasteiger partial charge < -0.3 is 9.80 Å². The average molecular weight is 399 g/mol. The lowest BCUT2D eigenvalue weighted by molar-refractivity contribution is -0.133. The van der Waals surface area contributed by atoms with E-state index in [1.54, 1.807) is 34.2 Å². The molecular weight excluding hydrogens is 374 g/mol. The van der Waals surface area contributed by atoms with Gasteiger partial charge in [-0.25, -0.2) is 0 Å². The summed E-state index contributed by atoms with van der Waals surface area (Å²) in [5.74, 6) is -0.311. The van der Waals surface area contributed by atoms with Crippen molar-refractivity contribution in [1.82, 2.24) is 14.8 Å². The van der Waals surface area contributed by atoms with Gasteiger partial charge in [-0.1, -0.05) is 60.7 Å². The highest BCUT2D eigenvalue weighted by Gasteiger charge is 2.31. The number of benzene rings is 2. The highest BCUT2D eigenvalue weighted by Crippen LogP contribution is 2.22. The van der Waals surface area contributed by atoms with Crippen molar-refractivity contribution in [2.45, 2.75) is 6.42 Å². The molecule has 1 aliphatic heterocycles. The quantitative estimate of drug-likeness (QED) is 0.675. The number of rotatable bonds is 4. The molecule has 1 aliphatic rings. The summed E-state index contributed by atoms with van der Waals surface area (Å²) in [6, 6.07) is 23.9. The van der Waals surface area contributed by atoms with Crippen LogP contribution in [0.3, 0.4) is 0 Å². The van der Waals surface area contributed by atoms with Crippen molar-refractivity contribution in [3.63, 3.8) is 0 Å². The Morgan fingerprint density at radius 3 is 2.33 bits per heavy atom. The Morgan fingerprint density at radius 1 is 0.933 bits per heavy atom. The summed E-state index contributed by atoms with van der Waals surface area (Å²) in [5, 5.41) is 0. The van der Waals surface area contributed by atoms with Crippen LogP contribution in [-0.2, 0) is 11.2 Å². The van der Waals surface area contributed by atoms with E-state index >= 15 is 0 Å². The van der Waals surface area contributed by atoms with Gasteiger partial charge in [0, 0.05) is 32.9 Å². The minimum Gasteiger partial charge on any atom is -0.344 e. The first kappa shape index (κ1) is 19.8. The summed E-state index contributed by atoms with van der Waals surface area (Å²) in [7, 11) is 1.81. The maximum atomic E-state index is 12.9. The lowest BCUT2D eigenvalue weighted by Gasteiger charge is -2.23. The number of aromatic nitrogens is 1. The topological polar surface area (TPSA) is 53.5 Å². The first-order valence-corrected chi connectivity index (χ1v) is 10.2. The molecule has 3 aromatic rings. The smallest absolute Gasteiger partial charge is 0.272 e. The lowest BCUT2D eigenvalue weighted by atomic mass is 9.95. The second-order valence-corrected chi connectivity index (χ2v) is 7.69. The van der Waals surface area contributed by atoms with E-state index in [0.717, 1.165) is 11.1 Å². The Labute approximate surface area is 177 Å². The van der Waals surface area contributed by atoms with Crippen LogP contribution in [0.5, 0.6) is 0 Å². The summed E-state index contributed by atoms with van der Waals surface area (Å²) >= 11 is 0. The second-order valence-electron chi connectivity index (χ2n) is 7.69. The average Bonchev–Trinajstić information content (AvgIpc) is 2.94. The van der Waals surface area contributed by atoms with Crippen LogP contribution in [0.1, 0.15) is 16.1 Å². The Hall–Kier alpha value is -3.47. The fourth-order valence-corrected chi connectivity index (χ4v) is 3.86. The van der Waals surface area contributed by atoms with Crippen molar-refractivity contribution in [2.75, 3.05) is 26.7 Å². The molecular formula is C25H25N3O2. The highest BCUT2D eigenvalue weighted by molar-refractivity contribution is 5.93. The van der Waals surface area contributed by atoms with Gasteiger partial charge in [-0.2, -0.15) is 0 Å². The zero-order chi connectivity index (χ0) is 20.9. The molecule has 5 heteroatoms. The number of carbonyl (C=O) groups excluding carboxylic acids is 2. The number of pyridine rings is 1. The van der Waals surface area contributed by atoms with Gasteiger partial charge in [-0.15, -0.1) is 0 Å². The molecule has 0 N–H and O–H groups in total. The maximum Gasteiger partial charge on any atom is 0.272 e. The molecule has 1 atom stereocenters. The van der Waals surface area contributed by atoms with Crippen LogP contribution in [0.2, 0.25) is 0 Å². The van der Waals surface area contributed by atoms with E-state index in [2.05, 4.69) is 41.4 Å². The van der Waals surface area contributed by atoms with Crippen LogP contribution in [0.25, 0.3) is 11.1 Å². The van der Waals surface area contributed by atoms with Gasteiger partial charge in [0.2, 0.25) is 5.91 Å². The van der Waals surface area contributed by atoms with E-state index in [-0.39, 0.29) is 17.7 Å². The van der Waals surface area contributed by atoms with E-state index in [4.69, 9.17) is 0 Å². The molecule has 152 valence electrons. The second kappa shape index (κ2) is 8.91. The molecule has 30 heavy (non-hydrogen) atoms. The third kappa shape index (κ3) is 4.40. The molecule has 4 rings (SSSR count). The van der Waals surface area contributed by atoms with Crippen LogP contribution in [0.4, 0.5) is 0 Å². The van der Waals surface area contributed by atoms with Crippen LogP contribution in [0.15, 0.2) is 79.0 Å². The largest absolute Gasteiger partial charge is 0.344 e. The molecule has 2 aromatic carbocycles.